The summed E-state index contributed by atoms with van der Waals surface area (Å²) in [5.74, 6) is 2.28. The van der Waals surface area contributed by atoms with E-state index >= 15 is 0 Å². The number of nitrogens with one attached hydrogen (secondary N) is 1. The largest absolute Gasteiger partial charge is 0.316 e. The van der Waals surface area contributed by atoms with E-state index in [0.717, 1.165) is 61.7 Å². The predicted octanol–water partition coefficient (Wildman–Crippen LogP) is 3.08. The maximum atomic E-state index is 12.7. The minimum absolute atomic E-state index is 0.181. The molecule has 5 heteroatoms. The third-order valence-corrected chi connectivity index (χ3v) is 5.72. The first kappa shape index (κ1) is 18.1. The highest BCUT2D eigenvalue weighted by Gasteiger charge is 2.29. The standard InChI is InChI=1S/C22H28N4O/c1-15-5-3-6-17(13-15)10-12-26-20(27)9-8-19-16(2)24-21(25-22(19)26)18-7-4-11-23-14-18/h3,5-6,13,18,23H,4,7-12,14H2,1-2H3/t18-/m0/s1. The summed E-state index contributed by atoms with van der Waals surface area (Å²) in [7, 11) is 0. The lowest BCUT2D eigenvalue weighted by Gasteiger charge is -2.31. The van der Waals surface area contributed by atoms with E-state index in [2.05, 4.69) is 43.4 Å². The second kappa shape index (κ2) is 7.77. The van der Waals surface area contributed by atoms with Gasteiger partial charge < -0.3 is 5.32 Å². The number of benzene rings is 1. The first-order valence-corrected chi connectivity index (χ1v) is 10.1. The number of piperidine rings is 1. The molecule has 0 radical (unpaired) electrons. The van der Waals surface area contributed by atoms with Crippen molar-refractivity contribution in [1.29, 1.82) is 0 Å². The van der Waals surface area contributed by atoms with Gasteiger partial charge in [-0.05, 0) is 51.6 Å². The monoisotopic (exact) mass is 364 g/mol. The van der Waals surface area contributed by atoms with Crippen LogP contribution in [-0.2, 0) is 17.6 Å². The van der Waals surface area contributed by atoms with Crippen LogP contribution in [0.4, 0.5) is 5.82 Å². The van der Waals surface area contributed by atoms with Crippen LogP contribution in [0.5, 0.6) is 0 Å². The average Bonchev–Trinajstić information content (AvgIpc) is 2.68. The number of carbonyl (C=O) groups is 1. The Kier molecular flexibility index (Phi) is 5.21. The third-order valence-electron chi connectivity index (χ3n) is 5.72. The number of aromatic nitrogens is 2. The van der Waals surface area contributed by atoms with Gasteiger partial charge in [0.2, 0.25) is 5.91 Å². The highest BCUT2D eigenvalue weighted by molar-refractivity contribution is 5.95. The molecule has 0 unspecified atom stereocenters. The van der Waals surface area contributed by atoms with Gasteiger partial charge in [-0.2, -0.15) is 0 Å². The molecule has 2 aliphatic heterocycles. The molecule has 5 nitrogen and oxygen atoms in total. The molecule has 0 aliphatic carbocycles. The first-order chi connectivity index (χ1) is 13.1. The Morgan fingerprint density at radius 2 is 2.11 bits per heavy atom. The molecule has 3 heterocycles. The fourth-order valence-electron chi connectivity index (χ4n) is 4.20. The number of fused-ring (bicyclic) bond motifs is 1. The van der Waals surface area contributed by atoms with Gasteiger partial charge in [0, 0.05) is 36.7 Å². The van der Waals surface area contributed by atoms with Crippen LogP contribution in [0.2, 0.25) is 0 Å². The van der Waals surface area contributed by atoms with Crippen LogP contribution in [0.15, 0.2) is 24.3 Å². The van der Waals surface area contributed by atoms with Gasteiger partial charge in [0.15, 0.2) is 0 Å². The lowest BCUT2D eigenvalue weighted by Crippen LogP contribution is -2.39. The fraction of sp³-hybridized carbons (Fsp3) is 0.500. The van der Waals surface area contributed by atoms with Gasteiger partial charge in [0.25, 0.3) is 0 Å². The molecule has 4 rings (SSSR count). The number of hydrogen-bond acceptors (Lipinski definition) is 4. The number of anilines is 1. The van der Waals surface area contributed by atoms with Crippen molar-refractivity contribution in [3.05, 3.63) is 52.5 Å². The summed E-state index contributed by atoms with van der Waals surface area (Å²) in [6, 6.07) is 8.51. The number of nitrogens with zero attached hydrogens (tertiary/aromatic N) is 3. The molecule has 1 atom stereocenters. The van der Waals surface area contributed by atoms with Crippen molar-refractivity contribution in [2.45, 2.75) is 51.9 Å². The summed E-state index contributed by atoms with van der Waals surface area (Å²) in [6.45, 7) is 6.84. The molecular formula is C22H28N4O. The van der Waals surface area contributed by atoms with E-state index in [1.54, 1.807) is 0 Å². The van der Waals surface area contributed by atoms with Gasteiger partial charge >= 0.3 is 0 Å². The van der Waals surface area contributed by atoms with Crippen LogP contribution >= 0.6 is 0 Å². The minimum Gasteiger partial charge on any atom is -0.316 e. The number of aryl methyl sites for hydroxylation is 2. The Morgan fingerprint density at radius 3 is 2.89 bits per heavy atom. The average molecular weight is 364 g/mol. The molecule has 1 aromatic carbocycles. The zero-order valence-corrected chi connectivity index (χ0v) is 16.3. The SMILES string of the molecule is Cc1cccc(CCN2C(=O)CCc3c(C)nc([C@H]4CCCNC4)nc32)c1. The van der Waals surface area contributed by atoms with Crippen LogP contribution in [0.25, 0.3) is 0 Å². The fourth-order valence-corrected chi connectivity index (χ4v) is 4.20. The summed E-state index contributed by atoms with van der Waals surface area (Å²) in [5.41, 5.74) is 4.69. The molecule has 1 saturated heterocycles. The van der Waals surface area contributed by atoms with Crippen molar-refractivity contribution in [2.24, 2.45) is 0 Å². The predicted molar refractivity (Wildman–Crippen MR) is 107 cm³/mol. The maximum Gasteiger partial charge on any atom is 0.228 e. The number of rotatable bonds is 4. The molecule has 1 aromatic heterocycles. The normalized spacial score (nSPS) is 19.9. The zero-order valence-electron chi connectivity index (χ0n) is 16.3. The van der Waals surface area contributed by atoms with E-state index in [9.17, 15) is 4.79 Å². The van der Waals surface area contributed by atoms with Crippen molar-refractivity contribution < 1.29 is 4.79 Å². The summed E-state index contributed by atoms with van der Waals surface area (Å²) in [6.07, 6.45) is 4.42. The van der Waals surface area contributed by atoms with E-state index < -0.39 is 0 Å². The molecule has 0 spiro atoms. The van der Waals surface area contributed by atoms with Gasteiger partial charge in [0.05, 0.1) is 0 Å². The van der Waals surface area contributed by atoms with E-state index in [0.29, 0.717) is 18.9 Å². The molecule has 1 amide bonds. The van der Waals surface area contributed by atoms with Gasteiger partial charge in [-0.15, -0.1) is 0 Å². The van der Waals surface area contributed by atoms with Crippen molar-refractivity contribution >= 4 is 11.7 Å². The quantitative estimate of drug-likeness (QED) is 0.906. The second-order valence-electron chi connectivity index (χ2n) is 7.80. The van der Waals surface area contributed by atoms with Gasteiger partial charge in [-0.25, -0.2) is 9.97 Å². The molecule has 0 saturated carbocycles. The Labute approximate surface area is 161 Å². The molecule has 2 aromatic rings. The summed E-state index contributed by atoms with van der Waals surface area (Å²) >= 11 is 0. The Balaban J connectivity index is 1.61. The van der Waals surface area contributed by atoms with Gasteiger partial charge in [0.1, 0.15) is 11.6 Å². The van der Waals surface area contributed by atoms with Crippen LogP contribution in [0.3, 0.4) is 0 Å². The minimum atomic E-state index is 0.181. The van der Waals surface area contributed by atoms with Crippen LogP contribution in [0.1, 0.15) is 53.4 Å². The second-order valence-corrected chi connectivity index (χ2v) is 7.80. The van der Waals surface area contributed by atoms with Crippen LogP contribution in [-0.4, -0.2) is 35.5 Å². The lowest BCUT2D eigenvalue weighted by atomic mass is 9.97. The van der Waals surface area contributed by atoms with E-state index in [1.165, 1.54) is 11.1 Å². The van der Waals surface area contributed by atoms with Crippen LogP contribution < -0.4 is 10.2 Å². The Morgan fingerprint density at radius 1 is 1.22 bits per heavy atom. The van der Waals surface area contributed by atoms with E-state index in [1.807, 2.05) is 4.90 Å². The smallest absolute Gasteiger partial charge is 0.228 e. The Bertz CT molecular complexity index is 842. The number of hydrogen-bond donors (Lipinski definition) is 1. The number of amides is 1. The molecule has 2 aliphatic rings. The molecule has 27 heavy (non-hydrogen) atoms. The van der Waals surface area contributed by atoms with E-state index in [-0.39, 0.29) is 5.91 Å². The molecule has 142 valence electrons. The van der Waals surface area contributed by atoms with Crippen molar-refractivity contribution in [2.75, 3.05) is 24.5 Å². The third kappa shape index (κ3) is 3.88. The molecule has 1 fully saturated rings. The topological polar surface area (TPSA) is 58.1 Å². The Hall–Kier alpha value is -2.27. The summed E-state index contributed by atoms with van der Waals surface area (Å²) < 4.78 is 0. The van der Waals surface area contributed by atoms with Crippen LogP contribution in [0, 0.1) is 13.8 Å². The van der Waals surface area contributed by atoms with Crippen molar-refractivity contribution in [3.8, 4) is 0 Å². The van der Waals surface area contributed by atoms with E-state index in [4.69, 9.17) is 9.97 Å². The van der Waals surface area contributed by atoms with Crippen molar-refractivity contribution in [1.82, 2.24) is 15.3 Å². The first-order valence-electron chi connectivity index (χ1n) is 10.1. The molecule has 1 N–H and O–H groups in total. The highest BCUT2D eigenvalue weighted by Crippen LogP contribution is 2.31. The maximum absolute atomic E-state index is 12.7. The van der Waals surface area contributed by atoms with Gasteiger partial charge in [-0.3, -0.25) is 9.69 Å². The summed E-state index contributed by atoms with van der Waals surface area (Å²) in [4.78, 5) is 24.3. The zero-order chi connectivity index (χ0) is 18.8. The molecule has 0 bridgehead atoms. The summed E-state index contributed by atoms with van der Waals surface area (Å²) in [5, 5.41) is 3.44. The molecular weight excluding hydrogens is 336 g/mol. The highest BCUT2D eigenvalue weighted by atomic mass is 16.2. The number of carbonyl (C=O) groups excluding carboxylic acids is 1. The lowest BCUT2D eigenvalue weighted by molar-refractivity contribution is -0.118. The van der Waals surface area contributed by atoms with Gasteiger partial charge in [-0.1, -0.05) is 29.8 Å². The van der Waals surface area contributed by atoms with Crippen molar-refractivity contribution in [3.63, 3.8) is 0 Å².